The third-order valence-electron chi connectivity index (χ3n) is 3.78. The van der Waals surface area contributed by atoms with Crippen molar-refractivity contribution in [3.05, 3.63) is 22.7 Å². The Kier molecular flexibility index (Phi) is 1.94. The number of fused-ring (bicyclic) bond motifs is 2. The lowest BCUT2D eigenvalue weighted by Crippen LogP contribution is -2.11. The van der Waals surface area contributed by atoms with Crippen LogP contribution in [0.2, 0.25) is 0 Å². The number of rotatable bonds is 1. The van der Waals surface area contributed by atoms with Crippen LogP contribution in [0.5, 0.6) is 0 Å². The summed E-state index contributed by atoms with van der Waals surface area (Å²) in [6, 6.07) is 1.85. The van der Waals surface area contributed by atoms with E-state index in [1.807, 2.05) is 12.3 Å². The third-order valence-corrected chi connectivity index (χ3v) is 4.02. The van der Waals surface area contributed by atoms with Crippen LogP contribution in [0.25, 0.3) is 0 Å². The van der Waals surface area contributed by atoms with E-state index in [1.54, 1.807) is 0 Å². The van der Waals surface area contributed by atoms with Crippen LogP contribution in [-0.2, 0) is 0 Å². The molecule has 1 aromatic rings. The Hall–Kier alpha value is -0.700. The Morgan fingerprint density at radius 2 is 2.29 bits per heavy atom. The number of nitrogens with one attached hydrogen (secondary N) is 1. The molecule has 3 heteroatoms. The Bertz CT molecular complexity index is 398. The molecule has 0 amide bonds. The summed E-state index contributed by atoms with van der Waals surface area (Å²) in [4.78, 5) is 7.66. The van der Waals surface area contributed by atoms with Crippen LogP contribution < -0.4 is 0 Å². The van der Waals surface area contributed by atoms with E-state index in [4.69, 9.17) is 12.2 Å². The van der Waals surface area contributed by atoms with Crippen molar-refractivity contribution in [3.8, 4) is 0 Å². The molecular weight excluding hydrogens is 192 g/mol. The van der Waals surface area contributed by atoms with Crippen LogP contribution >= 0.6 is 12.2 Å². The number of H-pyrrole nitrogens is 1. The largest absolute Gasteiger partial charge is 0.335 e. The van der Waals surface area contributed by atoms with Gasteiger partial charge in [-0.3, -0.25) is 0 Å². The van der Waals surface area contributed by atoms with Crippen LogP contribution in [0.15, 0.2) is 12.3 Å². The first-order valence-corrected chi connectivity index (χ1v) is 5.79. The van der Waals surface area contributed by atoms with E-state index < -0.39 is 0 Å². The van der Waals surface area contributed by atoms with Crippen molar-refractivity contribution in [2.75, 3.05) is 0 Å². The molecule has 0 saturated heterocycles. The molecule has 0 aromatic carbocycles. The molecule has 0 aliphatic heterocycles. The highest BCUT2D eigenvalue weighted by Crippen LogP contribution is 2.51. The molecular formula is C11H14N2S. The molecule has 1 N–H and O–H groups in total. The summed E-state index contributed by atoms with van der Waals surface area (Å²) in [7, 11) is 0. The van der Waals surface area contributed by atoms with E-state index in [0.717, 1.165) is 22.3 Å². The maximum Gasteiger partial charge on any atom is 0.110 e. The summed E-state index contributed by atoms with van der Waals surface area (Å²) < 4.78 is 0.817. The zero-order valence-corrected chi connectivity index (χ0v) is 8.89. The Labute approximate surface area is 88.8 Å². The lowest BCUT2D eigenvalue weighted by Gasteiger charge is -2.20. The number of hydrogen-bond acceptors (Lipinski definition) is 2. The summed E-state index contributed by atoms with van der Waals surface area (Å²) >= 11 is 5.13. The van der Waals surface area contributed by atoms with Gasteiger partial charge in [0, 0.05) is 12.1 Å². The predicted octanol–water partition coefficient (Wildman–Crippen LogP) is 3.04. The highest BCUT2D eigenvalue weighted by molar-refractivity contribution is 7.71. The van der Waals surface area contributed by atoms with Crippen molar-refractivity contribution in [3.63, 3.8) is 0 Å². The van der Waals surface area contributed by atoms with E-state index in [1.165, 1.54) is 25.7 Å². The van der Waals surface area contributed by atoms with Crippen LogP contribution in [0, 0.1) is 16.5 Å². The molecule has 14 heavy (non-hydrogen) atoms. The van der Waals surface area contributed by atoms with E-state index in [9.17, 15) is 0 Å². The lowest BCUT2D eigenvalue weighted by molar-refractivity contribution is 0.405. The average molecular weight is 206 g/mol. The van der Waals surface area contributed by atoms with Gasteiger partial charge < -0.3 is 4.98 Å². The molecule has 1 heterocycles. The molecule has 2 saturated carbocycles. The summed E-state index contributed by atoms with van der Waals surface area (Å²) in [5.74, 6) is 3.64. The van der Waals surface area contributed by atoms with Crippen molar-refractivity contribution < 1.29 is 0 Å². The predicted molar refractivity (Wildman–Crippen MR) is 57.6 cm³/mol. The minimum atomic E-state index is 0.664. The molecule has 2 aliphatic rings. The van der Waals surface area contributed by atoms with Crippen molar-refractivity contribution in [2.45, 2.75) is 31.6 Å². The highest BCUT2D eigenvalue weighted by atomic mass is 32.1. The summed E-state index contributed by atoms with van der Waals surface area (Å²) in [5.41, 5.74) is 0. The Morgan fingerprint density at radius 3 is 2.93 bits per heavy atom. The van der Waals surface area contributed by atoms with Gasteiger partial charge in [0.05, 0.1) is 0 Å². The number of aromatic amines is 1. The summed E-state index contributed by atoms with van der Waals surface area (Å²) in [6.45, 7) is 0. The van der Waals surface area contributed by atoms with Crippen LogP contribution in [0.3, 0.4) is 0 Å². The van der Waals surface area contributed by atoms with E-state index in [0.29, 0.717) is 5.92 Å². The molecule has 2 nitrogen and oxygen atoms in total. The quantitative estimate of drug-likeness (QED) is 0.715. The summed E-state index contributed by atoms with van der Waals surface area (Å²) in [5, 5.41) is 0. The Morgan fingerprint density at radius 1 is 1.36 bits per heavy atom. The maximum atomic E-state index is 5.13. The molecule has 2 bridgehead atoms. The van der Waals surface area contributed by atoms with Crippen LogP contribution in [-0.4, -0.2) is 9.97 Å². The maximum absolute atomic E-state index is 5.13. The highest BCUT2D eigenvalue weighted by Gasteiger charge is 2.41. The molecule has 3 unspecified atom stereocenters. The van der Waals surface area contributed by atoms with Gasteiger partial charge in [-0.1, -0.05) is 18.6 Å². The van der Waals surface area contributed by atoms with Crippen LogP contribution in [0.4, 0.5) is 0 Å². The van der Waals surface area contributed by atoms with Crippen molar-refractivity contribution in [1.82, 2.24) is 9.97 Å². The fourth-order valence-electron chi connectivity index (χ4n) is 3.15. The van der Waals surface area contributed by atoms with Crippen molar-refractivity contribution in [1.29, 1.82) is 0 Å². The van der Waals surface area contributed by atoms with Crippen molar-refractivity contribution >= 4 is 12.2 Å². The second-order valence-corrected chi connectivity index (χ2v) is 5.04. The number of nitrogens with zero attached hydrogens (tertiary/aromatic N) is 1. The average Bonchev–Trinajstić information content (AvgIpc) is 2.78. The smallest absolute Gasteiger partial charge is 0.110 e. The van der Waals surface area contributed by atoms with Gasteiger partial charge in [0.1, 0.15) is 10.5 Å². The Balaban J connectivity index is 1.93. The first kappa shape index (κ1) is 8.60. The van der Waals surface area contributed by atoms with Gasteiger partial charge in [0.2, 0.25) is 0 Å². The topological polar surface area (TPSA) is 28.7 Å². The minimum Gasteiger partial charge on any atom is -0.335 e. The molecule has 2 fully saturated rings. The number of aromatic nitrogens is 2. The fourth-order valence-corrected chi connectivity index (χ4v) is 3.32. The van der Waals surface area contributed by atoms with Gasteiger partial charge in [0.15, 0.2) is 0 Å². The van der Waals surface area contributed by atoms with Crippen molar-refractivity contribution in [2.24, 2.45) is 11.8 Å². The minimum absolute atomic E-state index is 0.664. The zero-order valence-electron chi connectivity index (χ0n) is 8.07. The van der Waals surface area contributed by atoms with Gasteiger partial charge in [-0.2, -0.15) is 0 Å². The van der Waals surface area contributed by atoms with E-state index in [2.05, 4.69) is 9.97 Å². The second-order valence-electron chi connectivity index (χ2n) is 4.60. The molecule has 0 spiro atoms. The first-order valence-electron chi connectivity index (χ1n) is 5.38. The lowest BCUT2D eigenvalue weighted by atomic mass is 9.88. The molecule has 1 aromatic heterocycles. The zero-order chi connectivity index (χ0) is 9.54. The number of hydrogen-bond donors (Lipinski definition) is 1. The van der Waals surface area contributed by atoms with Gasteiger partial charge in [-0.05, 0) is 37.2 Å². The molecule has 74 valence electrons. The van der Waals surface area contributed by atoms with Gasteiger partial charge in [0.25, 0.3) is 0 Å². The van der Waals surface area contributed by atoms with Gasteiger partial charge in [-0.25, -0.2) is 4.98 Å². The monoisotopic (exact) mass is 206 g/mol. The first-order chi connectivity index (χ1) is 6.83. The molecule has 3 atom stereocenters. The second kappa shape index (κ2) is 3.16. The van der Waals surface area contributed by atoms with E-state index >= 15 is 0 Å². The van der Waals surface area contributed by atoms with E-state index in [-0.39, 0.29) is 0 Å². The third kappa shape index (κ3) is 1.31. The summed E-state index contributed by atoms with van der Waals surface area (Å²) in [6.07, 6.45) is 7.41. The van der Waals surface area contributed by atoms with Crippen LogP contribution in [0.1, 0.15) is 37.4 Å². The SMILES string of the molecule is S=c1ccnc(C2CC3CCC2C3)[nH]1. The standard InChI is InChI=1S/C11H14N2S/c14-10-3-4-12-11(13-10)9-6-7-1-2-8(9)5-7/h3-4,7-9H,1-2,5-6H2,(H,12,13,14). The normalized spacial score (nSPS) is 35.0. The fraction of sp³-hybridized carbons (Fsp3) is 0.636. The molecule has 3 rings (SSSR count). The molecule has 2 aliphatic carbocycles. The van der Waals surface area contributed by atoms with Gasteiger partial charge >= 0.3 is 0 Å². The van der Waals surface area contributed by atoms with Gasteiger partial charge in [-0.15, -0.1) is 0 Å². The molecule has 0 radical (unpaired) electrons.